The summed E-state index contributed by atoms with van der Waals surface area (Å²) in [4.78, 5) is 4.65. The quantitative estimate of drug-likeness (QED) is 0.826. The molecule has 0 saturated carbocycles. The van der Waals surface area contributed by atoms with E-state index in [1.165, 1.54) is 5.56 Å². The lowest BCUT2D eigenvalue weighted by molar-refractivity contribution is 0.0442. The molecule has 6 nitrogen and oxygen atoms in total. The molecular formula is C19H27N3O3. The van der Waals surface area contributed by atoms with Gasteiger partial charge >= 0.3 is 0 Å². The Hall–Kier alpha value is -1.89. The summed E-state index contributed by atoms with van der Waals surface area (Å²) in [6, 6.07) is 9.88. The Morgan fingerprint density at radius 2 is 1.80 bits per heavy atom. The second kappa shape index (κ2) is 8.47. The van der Waals surface area contributed by atoms with Crippen molar-refractivity contribution in [2.45, 2.75) is 26.5 Å². The molecule has 0 radical (unpaired) electrons. The molecule has 3 rings (SSSR count). The molecule has 0 spiro atoms. The van der Waals surface area contributed by atoms with Crippen molar-refractivity contribution in [3.8, 4) is 5.75 Å². The van der Waals surface area contributed by atoms with Crippen LogP contribution in [0.4, 0.5) is 0 Å². The maximum absolute atomic E-state index is 10.2. The molecule has 2 heterocycles. The van der Waals surface area contributed by atoms with Crippen molar-refractivity contribution < 1.29 is 14.4 Å². The third-order valence-electron chi connectivity index (χ3n) is 4.46. The SMILES string of the molecule is Cc1ccc(OC[C@H](O)CN2CCN(Cc3cc(C)on3)CC2)cc1. The van der Waals surface area contributed by atoms with Crippen molar-refractivity contribution in [2.24, 2.45) is 0 Å². The van der Waals surface area contributed by atoms with Gasteiger partial charge in [-0.15, -0.1) is 0 Å². The van der Waals surface area contributed by atoms with Gasteiger partial charge in [0.2, 0.25) is 0 Å². The lowest BCUT2D eigenvalue weighted by atomic mass is 10.2. The molecule has 1 fully saturated rings. The molecule has 1 aromatic heterocycles. The van der Waals surface area contributed by atoms with Crippen LogP contribution >= 0.6 is 0 Å². The first-order valence-corrected chi connectivity index (χ1v) is 8.83. The van der Waals surface area contributed by atoms with Gasteiger partial charge < -0.3 is 14.4 Å². The van der Waals surface area contributed by atoms with Crippen LogP contribution in [0.1, 0.15) is 17.0 Å². The number of aromatic nitrogens is 1. The van der Waals surface area contributed by atoms with Crippen LogP contribution in [0, 0.1) is 13.8 Å². The smallest absolute Gasteiger partial charge is 0.133 e. The highest BCUT2D eigenvalue weighted by Gasteiger charge is 2.20. The predicted octanol–water partition coefficient (Wildman–Crippen LogP) is 1.85. The summed E-state index contributed by atoms with van der Waals surface area (Å²) < 4.78 is 10.8. The Morgan fingerprint density at radius 3 is 2.44 bits per heavy atom. The van der Waals surface area contributed by atoms with E-state index >= 15 is 0 Å². The minimum absolute atomic E-state index is 0.321. The second-order valence-corrected chi connectivity index (χ2v) is 6.78. The largest absolute Gasteiger partial charge is 0.491 e. The van der Waals surface area contributed by atoms with E-state index < -0.39 is 6.10 Å². The monoisotopic (exact) mass is 345 g/mol. The fraction of sp³-hybridized carbons (Fsp3) is 0.526. The van der Waals surface area contributed by atoms with Gasteiger partial charge in [0, 0.05) is 45.3 Å². The summed E-state index contributed by atoms with van der Waals surface area (Å²) in [6.45, 7) is 9.57. The Bertz CT molecular complexity index is 648. The fourth-order valence-corrected chi connectivity index (χ4v) is 3.03. The van der Waals surface area contributed by atoms with E-state index in [9.17, 15) is 5.11 Å². The Kier molecular flexibility index (Phi) is 6.07. The zero-order valence-electron chi connectivity index (χ0n) is 15.0. The minimum atomic E-state index is -0.481. The average Bonchev–Trinajstić information content (AvgIpc) is 3.01. The number of hydrogen-bond acceptors (Lipinski definition) is 6. The van der Waals surface area contributed by atoms with E-state index in [4.69, 9.17) is 9.26 Å². The first kappa shape index (κ1) is 17.9. The fourth-order valence-electron chi connectivity index (χ4n) is 3.03. The number of aliphatic hydroxyl groups excluding tert-OH is 1. The Morgan fingerprint density at radius 1 is 1.12 bits per heavy atom. The number of ether oxygens (including phenoxy) is 1. The van der Waals surface area contributed by atoms with Crippen LogP contribution in [0.2, 0.25) is 0 Å². The lowest BCUT2D eigenvalue weighted by Gasteiger charge is -2.35. The predicted molar refractivity (Wildman–Crippen MR) is 95.6 cm³/mol. The molecule has 1 aliphatic rings. The van der Waals surface area contributed by atoms with Gasteiger partial charge in [0.05, 0.1) is 5.69 Å². The van der Waals surface area contributed by atoms with Gasteiger partial charge in [-0.3, -0.25) is 9.80 Å². The molecule has 1 aliphatic heterocycles. The van der Waals surface area contributed by atoms with Crippen molar-refractivity contribution >= 4 is 0 Å². The number of piperazine rings is 1. The highest BCUT2D eigenvalue weighted by molar-refractivity contribution is 5.26. The van der Waals surface area contributed by atoms with Gasteiger partial charge in [0.25, 0.3) is 0 Å². The molecule has 1 aromatic carbocycles. The van der Waals surface area contributed by atoms with Crippen LogP contribution in [0.15, 0.2) is 34.9 Å². The average molecular weight is 345 g/mol. The molecule has 1 N–H and O–H groups in total. The van der Waals surface area contributed by atoms with Crippen molar-refractivity contribution in [3.05, 3.63) is 47.3 Å². The van der Waals surface area contributed by atoms with Crippen molar-refractivity contribution in [2.75, 3.05) is 39.3 Å². The Balaban J connectivity index is 1.35. The zero-order valence-corrected chi connectivity index (χ0v) is 15.0. The van der Waals surface area contributed by atoms with Gasteiger partial charge in [-0.1, -0.05) is 22.9 Å². The van der Waals surface area contributed by atoms with E-state index in [-0.39, 0.29) is 0 Å². The summed E-state index contributed by atoms with van der Waals surface area (Å²) in [5, 5.41) is 14.3. The number of benzene rings is 1. The maximum Gasteiger partial charge on any atom is 0.133 e. The number of β-amino-alcohol motifs (C(OH)–C–C–N with tert-alkyl or cyclic N) is 1. The number of hydrogen-bond donors (Lipinski definition) is 1. The summed E-state index contributed by atoms with van der Waals surface area (Å²) in [6.07, 6.45) is -0.481. The molecule has 0 bridgehead atoms. The van der Waals surface area contributed by atoms with Gasteiger partial charge in [-0.25, -0.2) is 0 Å². The van der Waals surface area contributed by atoms with Gasteiger partial charge in [0.1, 0.15) is 24.2 Å². The van der Waals surface area contributed by atoms with Crippen LogP contribution in [-0.4, -0.2) is 65.5 Å². The van der Waals surface area contributed by atoms with Gasteiger partial charge in [0.15, 0.2) is 0 Å². The van der Waals surface area contributed by atoms with E-state index in [2.05, 4.69) is 15.0 Å². The first-order chi connectivity index (χ1) is 12.1. The number of aliphatic hydroxyl groups is 1. The topological polar surface area (TPSA) is 62.0 Å². The molecule has 1 atom stereocenters. The highest BCUT2D eigenvalue weighted by Crippen LogP contribution is 2.12. The van der Waals surface area contributed by atoms with Crippen molar-refractivity contribution in [3.63, 3.8) is 0 Å². The number of nitrogens with zero attached hydrogens (tertiary/aromatic N) is 3. The molecule has 0 amide bonds. The standard InChI is InChI=1S/C19H27N3O3/c1-15-3-5-19(6-4-15)24-14-18(23)13-22-9-7-21(8-10-22)12-17-11-16(2)25-20-17/h3-6,11,18,23H,7-10,12-14H2,1-2H3/t18-/m1/s1. The van der Waals surface area contributed by atoms with Crippen LogP contribution in [0.25, 0.3) is 0 Å². The molecule has 6 heteroatoms. The molecule has 0 unspecified atom stereocenters. The highest BCUT2D eigenvalue weighted by atomic mass is 16.5. The third-order valence-corrected chi connectivity index (χ3v) is 4.46. The van der Waals surface area contributed by atoms with Crippen LogP contribution in [0.5, 0.6) is 5.75 Å². The van der Waals surface area contributed by atoms with Crippen LogP contribution in [0.3, 0.4) is 0 Å². The second-order valence-electron chi connectivity index (χ2n) is 6.78. The molecule has 2 aromatic rings. The summed E-state index contributed by atoms with van der Waals surface area (Å²) in [5.74, 6) is 1.66. The maximum atomic E-state index is 10.2. The molecule has 1 saturated heterocycles. The van der Waals surface area contributed by atoms with Gasteiger partial charge in [-0.05, 0) is 26.0 Å². The first-order valence-electron chi connectivity index (χ1n) is 8.83. The summed E-state index contributed by atoms with van der Waals surface area (Å²) in [5.41, 5.74) is 2.18. The third kappa shape index (κ3) is 5.56. The van der Waals surface area contributed by atoms with E-state index in [0.29, 0.717) is 13.2 Å². The van der Waals surface area contributed by atoms with E-state index in [0.717, 1.165) is 49.9 Å². The minimum Gasteiger partial charge on any atom is -0.491 e. The van der Waals surface area contributed by atoms with Crippen molar-refractivity contribution in [1.82, 2.24) is 15.0 Å². The summed E-state index contributed by atoms with van der Waals surface area (Å²) >= 11 is 0. The van der Waals surface area contributed by atoms with E-state index in [1.807, 2.05) is 44.2 Å². The number of rotatable bonds is 7. The molecule has 25 heavy (non-hydrogen) atoms. The van der Waals surface area contributed by atoms with Crippen molar-refractivity contribution in [1.29, 1.82) is 0 Å². The molecule has 0 aliphatic carbocycles. The van der Waals surface area contributed by atoms with Gasteiger partial charge in [-0.2, -0.15) is 0 Å². The van der Waals surface area contributed by atoms with Crippen LogP contribution in [-0.2, 0) is 6.54 Å². The molecular weight excluding hydrogens is 318 g/mol. The zero-order chi connectivity index (χ0) is 17.6. The Labute approximate surface area is 149 Å². The lowest BCUT2D eigenvalue weighted by Crippen LogP contribution is -2.48. The van der Waals surface area contributed by atoms with E-state index in [1.54, 1.807) is 0 Å². The molecule has 136 valence electrons. The normalized spacial score (nSPS) is 17.6. The summed E-state index contributed by atoms with van der Waals surface area (Å²) in [7, 11) is 0. The van der Waals surface area contributed by atoms with Crippen LogP contribution < -0.4 is 4.74 Å². The number of aryl methyl sites for hydroxylation is 2.